The zero-order chi connectivity index (χ0) is 18.8. The van der Waals surface area contributed by atoms with Crippen LogP contribution < -0.4 is 0 Å². The van der Waals surface area contributed by atoms with Gasteiger partial charge in [-0.25, -0.2) is 13.2 Å². The molecule has 9 heteroatoms. The number of hydrogen-bond acceptors (Lipinski definition) is 6. The summed E-state index contributed by atoms with van der Waals surface area (Å²) in [5.41, 5.74) is -0.709. The summed E-state index contributed by atoms with van der Waals surface area (Å²) in [7, 11) is 2.80. The van der Waals surface area contributed by atoms with Crippen molar-refractivity contribution in [3.63, 3.8) is 0 Å². The summed E-state index contributed by atoms with van der Waals surface area (Å²) in [4.78, 5) is 13.6. The molecule has 0 bridgehead atoms. The molecular formula is C16H27N3O5S. The Kier molecular flexibility index (Phi) is 5.93. The van der Waals surface area contributed by atoms with E-state index in [0.717, 1.165) is 0 Å². The van der Waals surface area contributed by atoms with Crippen molar-refractivity contribution in [3.8, 4) is 0 Å². The summed E-state index contributed by atoms with van der Waals surface area (Å²) >= 11 is 0. The lowest BCUT2D eigenvalue weighted by atomic mass is 9.94. The van der Waals surface area contributed by atoms with E-state index in [0.29, 0.717) is 32.4 Å². The van der Waals surface area contributed by atoms with Crippen molar-refractivity contribution in [2.75, 3.05) is 40.8 Å². The Labute approximate surface area is 149 Å². The second-order valence-electron chi connectivity index (χ2n) is 6.83. The van der Waals surface area contributed by atoms with Crippen LogP contribution in [0, 0.1) is 0 Å². The molecule has 142 valence electrons. The number of aliphatic hydroxyl groups is 1. The highest BCUT2D eigenvalue weighted by atomic mass is 32.2. The fourth-order valence-electron chi connectivity index (χ4n) is 3.33. The number of methoxy groups -OCH3 is 1. The maximum Gasteiger partial charge on any atom is 0.354 e. The van der Waals surface area contributed by atoms with Crippen LogP contribution in [0.2, 0.25) is 0 Å². The molecular weight excluding hydrogens is 346 g/mol. The predicted octanol–water partition coefficient (Wildman–Crippen LogP) is 0.279. The molecule has 0 radical (unpaired) electrons. The lowest BCUT2D eigenvalue weighted by Gasteiger charge is -2.29. The summed E-state index contributed by atoms with van der Waals surface area (Å²) in [6.07, 6.45) is 1.51. The van der Waals surface area contributed by atoms with Gasteiger partial charge in [-0.3, -0.25) is 0 Å². The van der Waals surface area contributed by atoms with E-state index in [9.17, 15) is 18.3 Å². The third-order valence-electron chi connectivity index (χ3n) is 4.56. The maximum absolute atomic E-state index is 13.0. The van der Waals surface area contributed by atoms with Gasteiger partial charge in [-0.2, -0.15) is 4.31 Å². The van der Waals surface area contributed by atoms with Crippen molar-refractivity contribution in [2.45, 2.75) is 29.9 Å². The van der Waals surface area contributed by atoms with Crippen molar-refractivity contribution in [2.24, 2.45) is 7.05 Å². The van der Waals surface area contributed by atoms with Crippen LogP contribution in [-0.2, 0) is 21.8 Å². The molecule has 1 fully saturated rings. The number of nitrogens with zero attached hydrogens (tertiary/aromatic N) is 3. The minimum absolute atomic E-state index is 0.0472. The van der Waals surface area contributed by atoms with Crippen LogP contribution in [0.25, 0.3) is 0 Å². The Morgan fingerprint density at radius 3 is 2.60 bits per heavy atom. The molecule has 0 saturated carbocycles. The molecule has 0 amide bonds. The number of rotatable bonds is 5. The minimum Gasteiger partial charge on any atom is -0.464 e. The van der Waals surface area contributed by atoms with E-state index in [1.165, 1.54) is 35.2 Å². The number of sulfonamides is 1. The molecule has 0 aliphatic carbocycles. The monoisotopic (exact) mass is 373 g/mol. The number of hydrogen-bond donors (Lipinski definition) is 1. The first-order valence-electron chi connectivity index (χ1n) is 8.22. The van der Waals surface area contributed by atoms with Gasteiger partial charge in [0.25, 0.3) is 10.0 Å². The van der Waals surface area contributed by atoms with Gasteiger partial charge in [0.15, 0.2) is 5.03 Å². The van der Waals surface area contributed by atoms with Crippen LogP contribution >= 0.6 is 0 Å². The van der Waals surface area contributed by atoms with Crippen LogP contribution in [0.3, 0.4) is 0 Å². The molecule has 1 saturated heterocycles. The van der Waals surface area contributed by atoms with E-state index < -0.39 is 21.6 Å². The molecule has 25 heavy (non-hydrogen) atoms. The quantitative estimate of drug-likeness (QED) is 0.746. The molecule has 1 atom stereocenters. The van der Waals surface area contributed by atoms with Crippen LogP contribution in [0.5, 0.6) is 0 Å². The Morgan fingerprint density at radius 2 is 2.00 bits per heavy atom. The molecule has 2 heterocycles. The lowest BCUT2D eigenvalue weighted by molar-refractivity contribution is 0.00404. The highest BCUT2D eigenvalue weighted by molar-refractivity contribution is 7.89. The topological polar surface area (TPSA) is 92.1 Å². The molecule has 1 aliphatic heterocycles. The van der Waals surface area contributed by atoms with E-state index in [1.54, 1.807) is 0 Å². The second-order valence-corrected chi connectivity index (χ2v) is 8.71. The number of ether oxygens (including phenoxy) is 1. The minimum atomic E-state index is -3.75. The number of aromatic nitrogens is 1. The number of esters is 1. The highest BCUT2D eigenvalue weighted by Crippen LogP contribution is 2.27. The summed E-state index contributed by atoms with van der Waals surface area (Å²) in [6.45, 7) is 1.08. The van der Waals surface area contributed by atoms with E-state index in [1.807, 2.05) is 19.0 Å². The van der Waals surface area contributed by atoms with E-state index in [-0.39, 0.29) is 17.3 Å². The molecule has 0 spiro atoms. The summed E-state index contributed by atoms with van der Waals surface area (Å²) in [5, 5.41) is 10.8. The maximum atomic E-state index is 13.0. The van der Waals surface area contributed by atoms with Crippen LogP contribution in [0.15, 0.2) is 17.2 Å². The van der Waals surface area contributed by atoms with E-state index in [4.69, 9.17) is 0 Å². The van der Waals surface area contributed by atoms with E-state index in [2.05, 4.69) is 4.74 Å². The van der Waals surface area contributed by atoms with Crippen LogP contribution in [-0.4, -0.2) is 79.7 Å². The zero-order valence-electron chi connectivity index (χ0n) is 15.2. The molecule has 8 nitrogen and oxygen atoms in total. The third-order valence-corrected chi connectivity index (χ3v) is 6.54. The summed E-state index contributed by atoms with van der Waals surface area (Å²) in [5.74, 6) is -0.583. The van der Waals surface area contributed by atoms with Crippen molar-refractivity contribution in [1.82, 2.24) is 13.8 Å². The molecule has 0 aromatic carbocycles. The fourth-order valence-corrected chi connectivity index (χ4v) is 4.98. The lowest BCUT2D eigenvalue weighted by Crippen LogP contribution is -2.41. The van der Waals surface area contributed by atoms with Gasteiger partial charge in [0, 0.05) is 26.7 Å². The third kappa shape index (κ3) is 4.22. The van der Waals surface area contributed by atoms with E-state index >= 15 is 0 Å². The van der Waals surface area contributed by atoms with Gasteiger partial charge in [-0.15, -0.1) is 0 Å². The zero-order valence-corrected chi connectivity index (χ0v) is 16.0. The number of carbonyl (C=O) groups excluding carboxylic acids is 1. The van der Waals surface area contributed by atoms with Crippen molar-refractivity contribution in [1.29, 1.82) is 0 Å². The number of likely N-dealkylation sites (N-methyl/N-ethyl adjacent to an activating group) is 1. The first-order chi connectivity index (χ1) is 11.6. The average Bonchev–Trinajstić information content (AvgIpc) is 2.80. The molecule has 1 N–H and O–H groups in total. The average molecular weight is 373 g/mol. The van der Waals surface area contributed by atoms with Crippen molar-refractivity contribution < 1.29 is 23.1 Å². The molecule has 1 aliphatic rings. The standard InChI is InChI=1S/C16H27N3O5S/c1-17(2)12-16(21)8-5-10-19(11-9-16)25(22,23)14-7-6-13(18(14)3)15(20)24-4/h6-7,21H,5,8-12H2,1-4H3/t16-/m1/s1. The fraction of sp³-hybridized carbons (Fsp3) is 0.688. The van der Waals surface area contributed by atoms with Gasteiger partial charge in [-0.05, 0) is 45.5 Å². The Hall–Kier alpha value is -1.42. The first-order valence-corrected chi connectivity index (χ1v) is 9.66. The molecule has 1 aromatic rings. The molecule has 1 aromatic heterocycles. The SMILES string of the molecule is COC(=O)c1ccc(S(=O)(=O)N2CCC[C@](O)(CN(C)C)CC2)n1C. The normalized spacial score (nSPS) is 22.8. The Bertz CT molecular complexity index is 728. The van der Waals surface area contributed by atoms with Crippen molar-refractivity contribution >= 4 is 16.0 Å². The highest BCUT2D eigenvalue weighted by Gasteiger charge is 2.36. The predicted molar refractivity (Wildman–Crippen MR) is 92.9 cm³/mol. The van der Waals surface area contributed by atoms with Gasteiger partial charge < -0.3 is 19.3 Å². The van der Waals surface area contributed by atoms with Gasteiger partial charge in [-0.1, -0.05) is 0 Å². The summed E-state index contributed by atoms with van der Waals surface area (Å²) < 4.78 is 33.3. The Morgan fingerprint density at radius 1 is 1.32 bits per heavy atom. The Balaban J connectivity index is 2.23. The smallest absolute Gasteiger partial charge is 0.354 e. The first kappa shape index (κ1) is 19.9. The summed E-state index contributed by atoms with van der Waals surface area (Å²) in [6, 6.07) is 2.86. The molecule has 2 rings (SSSR count). The van der Waals surface area contributed by atoms with Gasteiger partial charge in [0.1, 0.15) is 5.69 Å². The second kappa shape index (κ2) is 7.45. The van der Waals surface area contributed by atoms with Crippen LogP contribution in [0.1, 0.15) is 29.8 Å². The van der Waals surface area contributed by atoms with Gasteiger partial charge in [0.2, 0.25) is 0 Å². The number of carbonyl (C=O) groups is 1. The van der Waals surface area contributed by atoms with Gasteiger partial charge >= 0.3 is 5.97 Å². The van der Waals surface area contributed by atoms with Crippen molar-refractivity contribution in [3.05, 3.63) is 17.8 Å². The van der Waals surface area contributed by atoms with Crippen LogP contribution in [0.4, 0.5) is 0 Å². The molecule has 0 unspecified atom stereocenters. The van der Waals surface area contributed by atoms with Gasteiger partial charge in [0.05, 0.1) is 12.7 Å². The largest absolute Gasteiger partial charge is 0.464 e.